The van der Waals surface area contributed by atoms with E-state index in [1.165, 1.54) is 5.69 Å². The number of morpholine rings is 1. The van der Waals surface area contributed by atoms with Gasteiger partial charge in [-0.2, -0.15) is 0 Å². The van der Waals surface area contributed by atoms with E-state index >= 15 is 0 Å². The minimum atomic E-state index is -0.157. The minimum Gasteiger partial charge on any atom is -0.393 e. The molecule has 0 amide bonds. The molecular weight excluding hydrogens is 328 g/mol. The van der Waals surface area contributed by atoms with Crippen LogP contribution in [0.3, 0.4) is 0 Å². The number of hydrogen-bond donors (Lipinski definition) is 2. The highest BCUT2D eigenvalue weighted by molar-refractivity contribution is 5.64. The van der Waals surface area contributed by atoms with Gasteiger partial charge in [-0.05, 0) is 43.2 Å². The topological polar surface area (TPSA) is 60.9 Å². The lowest BCUT2D eigenvalue weighted by Crippen LogP contribution is -2.36. The average Bonchev–Trinajstić information content (AvgIpc) is 2.70. The van der Waals surface area contributed by atoms with Gasteiger partial charge in [0.1, 0.15) is 5.82 Å². The summed E-state index contributed by atoms with van der Waals surface area (Å²) in [4.78, 5) is 9.09. The average molecular weight is 354 g/mol. The van der Waals surface area contributed by atoms with Gasteiger partial charge in [0.15, 0.2) is 0 Å². The van der Waals surface area contributed by atoms with E-state index in [-0.39, 0.29) is 6.10 Å². The molecule has 2 aliphatic heterocycles. The van der Waals surface area contributed by atoms with Gasteiger partial charge < -0.3 is 25.0 Å². The van der Waals surface area contributed by atoms with Crippen LogP contribution in [0.15, 0.2) is 42.6 Å². The summed E-state index contributed by atoms with van der Waals surface area (Å²) >= 11 is 0. The zero-order valence-corrected chi connectivity index (χ0v) is 15.0. The molecule has 6 nitrogen and oxygen atoms in total. The molecule has 2 aliphatic rings. The quantitative estimate of drug-likeness (QED) is 0.880. The highest BCUT2D eigenvalue weighted by Crippen LogP contribution is 2.25. The summed E-state index contributed by atoms with van der Waals surface area (Å²) in [5.74, 6) is 0.841. The molecular formula is C20H26N4O2. The zero-order chi connectivity index (χ0) is 17.8. The van der Waals surface area contributed by atoms with Crippen molar-refractivity contribution in [3.8, 4) is 0 Å². The highest BCUT2D eigenvalue weighted by Gasteiger charge is 2.17. The van der Waals surface area contributed by atoms with Gasteiger partial charge in [0, 0.05) is 55.5 Å². The number of benzene rings is 1. The van der Waals surface area contributed by atoms with Crippen LogP contribution in [-0.4, -0.2) is 55.6 Å². The molecule has 2 fully saturated rings. The van der Waals surface area contributed by atoms with Crippen molar-refractivity contribution < 1.29 is 9.84 Å². The number of nitrogens with one attached hydrogen (secondary N) is 1. The van der Waals surface area contributed by atoms with E-state index in [4.69, 9.17) is 4.74 Å². The van der Waals surface area contributed by atoms with E-state index in [9.17, 15) is 5.11 Å². The Hall–Kier alpha value is -2.31. The predicted octanol–water partition coefficient (Wildman–Crippen LogP) is 2.62. The lowest BCUT2D eigenvalue weighted by Gasteiger charge is -2.31. The Kier molecular flexibility index (Phi) is 5.22. The number of aliphatic hydroxyl groups is 1. The van der Waals surface area contributed by atoms with Crippen molar-refractivity contribution in [2.75, 3.05) is 54.5 Å². The van der Waals surface area contributed by atoms with Crippen molar-refractivity contribution in [3.63, 3.8) is 0 Å². The number of piperidine rings is 1. The van der Waals surface area contributed by atoms with Crippen molar-refractivity contribution in [3.05, 3.63) is 42.6 Å². The lowest BCUT2D eigenvalue weighted by molar-refractivity contribution is 0.122. The van der Waals surface area contributed by atoms with Crippen LogP contribution in [0.4, 0.5) is 22.9 Å². The van der Waals surface area contributed by atoms with Crippen LogP contribution >= 0.6 is 0 Å². The first kappa shape index (κ1) is 17.1. The van der Waals surface area contributed by atoms with Crippen LogP contribution in [0.5, 0.6) is 0 Å². The molecule has 0 atom stereocenters. The molecule has 0 saturated carbocycles. The largest absolute Gasteiger partial charge is 0.393 e. The van der Waals surface area contributed by atoms with Gasteiger partial charge >= 0.3 is 0 Å². The van der Waals surface area contributed by atoms with Gasteiger partial charge in [0.2, 0.25) is 0 Å². The Morgan fingerprint density at radius 3 is 2.35 bits per heavy atom. The maximum atomic E-state index is 9.68. The van der Waals surface area contributed by atoms with Crippen molar-refractivity contribution in [2.45, 2.75) is 18.9 Å². The molecule has 1 aromatic heterocycles. The monoisotopic (exact) mass is 354 g/mol. The number of anilines is 4. The van der Waals surface area contributed by atoms with Crippen molar-refractivity contribution >= 4 is 22.9 Å². The summed E-state index contributed by atoms with van der Waals surface area (Å²) in [6, 6.07) is 12.6. The fourth-order valence-corrected chi connectivity index (χ4v) is 3.53. The second kappa shape index (κ2) is 7.93. The summed E-state index contributed by atoms with van der Waals surface area (Å²) < 4.78 is 5.41. The van der Waals surface area contributed by atoms with Crippen molar-refractivity contribution in [1.29, 1.82) is 0 Å². The number of aliphatic hydroxyl groups excluding tert-OH is 1. The zero-order valence-electron chi connectivity index (χ0n) is 15.0. The number of ether oxygens (including phenoxy) is 1. The Labute approximate surface area is 154 Å². The molecule has 2 saturated heterocycles. The SMILES string of the molecule is OC1CCN(c2ccnc(Nc3ccc(N4CCOCC4)cc3)c2)CC1. The van der Waals surface area contributed by atoms with Gasteiger partial charge in [-0.1, -0.05) is 0 Å². The molecule has 2 aromatic rings. The maximum Gasteiger partial charge on any atom is 0.132 e. The van der Waals surface area contributed by atoms with Crippen LogP contribution < -0.4 is 15.1 Å². The summed E-state index contributed by atoms with van der Waals surface area (Å²) in [6.07, 6.45) is 3.34. The second-order valence-corrected chi connectivity index (χ2v) is 6.89. The summed E-state index contributed by atoms with van der Waals surface area (Å²) in [6.45, 7) is 5.26. The number of hydrogen-bond acceptors (Lipinski definition) is 6. The van der Waals surface area contributed by atoms with E-state index in [0.717, 1.165) is 69.4 Å². The van der Waals surface area contributed by atoms with Crippen LogP contribution in [-0.2, 0) is 4.74 Å². The Morgan fingerprint density at radius 2 is 1.62 bits per heavy atom. The van der Waals surface area contributed by atoms with E-state index in [1.54, 1.807) is 0 Å². The number of nitrogens with zero attached hydrogens (tertiary/aromatic N) is 3. The smallest absolute Gasteiger partial charge is 0.132 e. The lowest BCUT2D eigenvalue weighted by atomic mass is 10.1. The van der Waals surface area contributed by atoms with E-state index in [0.29, 0.717) is 0 Å². The molecule has 2 N–H and O–H groups in total. The van der Waals surface area contributed by atoms with Gasteiger partial charge in [-0.25, -0.2) is 4.98 Å². The van der Waals surface area contributed by atoms with Crippen LogP contribution in [0.25, 0.3) is 0 Å². The normalized spacial score (nSPS) is 18.8. The third-order valence-corrected chi connectivity index (χ3v) is 5.09. The first-order valence-corrected chi connectivity index (χ1v) is 9.37. The Bertz CT molecular complexity index is 708. The molecule has 0 aliphatic carbocycles. The van der Waals surface area contributed by atoms with E-state index in [1.807, 2.05) is 12.3 Å². The molecule has 138 valence electrons. The number of aromatic nitrogens is 1. The molecule has 0 unspecified atom stereocenters. The van der Waals surface area contributed by atoms with Gasteiger partial charge in [-0.3, -0.25) is 0 Å². The van der Waals surface area contributed by atoms with Crippen molar-refractivity contribution in [2.24, 2.45) is 0 Å². The standard InChI is InChI=1S/C20H26N4O2/c25-19-6-9-23(10-7-19)18-5-8-21-20(15-18)22-16-1-3-17(4-2-16)24-11-13-26-14-12-24/h1-5,8,15,19,25H,6-7,9-14H2,(H,21,22). The van der Waals surface area contributed by atoms with Crippen molar-refractivity contribution in [1.82, 2.24) is 4.98 Å². The summed E-state index contributed by atoms with van der Waals surface area (Å²) in [5.41, 5.74) is 3.41. The summed E-state index contributed by atoms with van der Waals surface area (Å²) in [7, 11) is 0. The Balaban J connectivity index is 1.41. The fourth-order valence-electron chi connectivity index (χ4n) is 3.53. The van der Waals surface area contributed by atoms with Gasteiger partial charge in [0.05, 0.1) is 19.3 Å². The highest BCUT2D eigenvalue weighted by atomic mass is 16.5. The minimum absolute atomic E-state index is 0.157. The van der Waals surface area contributed by atoms with Gasteiger partial charge in [-0.15, -0.1) is 0 Å². The molecule has 0 radical (unpaired) electrons. The van der Waals surface area contributed by atoms with Gasteiger partial charge in [0.25, 0.3) is 0 Å². The van der Waals surface area contributed by atoms with Crippen LogP contribution in [0.1, 0.15) is 12.8 Å². The first-order valence-electron chi connectivity index (χ1n) is 9.37. The van der Waals surface area contributed by atoms with Crippen LogP contribution in [0, 0.1) is 0 Å². The second-order valence-electron chi connectivity index (χ2n) is 6.89. The molecule has 3 heterocycles. The molecule has 26 heavy (non-hydrogen) atoms. The molecule has 0 spiro atoms. The molecule has 6 heteroatoms. The Morgan fingerprint density at radius 1 is 0.923 bits per heavy atom. The maximum absolute atomic E-state index is 9.68. The van der Waals surface area contributed by atoms with Crippen LogP contribution in [0.2, 0.25) is 0 Å². The van der Waals surface area contributed by atoms with E-state index < -0.39 is 0 Å². The number of pyridine rings is 1. The summed E-state index contributed by atoms with van der Waals surface area (Å²) in [5, 5.41) is 13.1. The fraction of sp³-hybridized carbons (Fsp3) is 0.450. The molecule has 4 rings (SSSR count). The number of rotatable bonds is 4. The predicted molar refractivity (Wildman–Crippen MR) is 104 cm³/mol. The molecule has 0 bridgehead atoms. The third-order valence-electron chi connectivity index (χ3n) is 5.09. The third kappa shape index (κ3) is 4.08. The first-order chi connectivity index (χ1) is 12.8. The van der Waals surface area contributed by atoms with E-state index in [2.05, 4.69) is 50.4 Å². The molecule has 1 aromatic carbocycles.